The van der Waals surface area contributed by atoms with E-state index in [1.807, 2.05) is 45.0 Å². The van der Waals surface area contributed by atoms with E-state index >= 15 is 0 Å². The van der Waals surface area contributed by atoms with Crippen molar-refractivity contribution >= 4 is 33.2 Å². The molecule has 2 atom stereocenters. The molecule has 0 saturated heterocycles. The average Bonchev–Trinajstić information content (AvgIpc) is 2.61. The number of aryl methyl sites for hydroxylation is 2. The van der Waals surface area contributed by atoms with Gasteiger partial charge in [-0.3, -0.25) is 9.10 Å². The molecule has 0 heterocycles. The summed E-state index contributed by atoms with van der Waals surface area (Å²) in [5.41, 5.74) is 3.30. The number of hydrogen-bond donors (Lipinski definition) is 1. The predicted molar refractivity (Wildman–Crippen MR) is 115 cm³/mol. The van der Waals surface area contributed by atoms with Gasteiger partial charge in [-0.25, -0.2) is 8.42 Å². The monoisotopic (exact) mass is 422 g/mol. The molecule has 0 radical (unpaired) electrons. The fourth-order valence-corrected chi connectivity index (χ4v) is 4.41. The second-order valence-corrected chi connectivity index (χ2v) is 9.32. The maximum atomic E-state index is 13.0. The Labute approximate surface area is 172 Å². The van der Waals surface area contributed by atoms with Gasteiger partial charge in [-0.15, -0.1) is 0 Å². The molecule has 0 aromatic heterocycles. The summed E-state index contributed by atoms with van der Waals surface area (Å²) in [7, 11) is -3.70. The number of anilines is 1. The molecule has 0 unspecified atom stereocenters. The number of benzene rings is 2. The SMILES string of the molecule is CC[C@@H](C(=O)N[C@@H](C)c1ccc(C)cc1)N(c1ccc(C)c(Cl)c1)S(C)(=O)=O. The van der Waals surface area contributed by atoms with Crippen LogP contribution in [0.15, 0.2) is 42.5 Å². The van der Waals surface area contributed by atoms with Gasteiger partial charge in [0, 0.05) is 5.02 Å². The van der Waals surface area contributed by atoms with E-state index in [4.69, 9.17) is 11.6 Å². The molecule has 0 bridgehead atoms. The maximum absolute atomic E-state index is 13.0. The van der Waals surface area contributed by atoms with E-state index in [9.17, 15) is 13.2 Å². The van der Waals surface area contributed by atoms with E-state index < -0.39 is 16.1 Å². The van der Waals surface area contributed by atoms with Crippen LogP contribution in [0, 0.1) is 13.8 Å². The number of nitrogens with zero attached hydrogens (tertiary/aromatic N) is 1. The summed E-state index contributed by atoms with van der Waals surface area (Å²) in [4.78, 5) is 13.0. The first-order valence-corrected chi connectivity index (χ1v) is 11.4. The summed E-state index contributed by atoms with van der Waals surface area (Å²) in [5.74, 6) is -0.349. The molecule has 0 fully saturated rings. The molecule has 2 aromatic carbocycles. The molecule has 1 N–H and O–H groups in total. The third kappa shape index (κ3) is 5.26. The molecule has 0 aliphatic heterocycles. The minimum Gasteiger partial charge on any atom is -0.348 e. The van der Waals surface area contributed by atoms with Crippen LogP contribution in [-0.4, -0.2) is 26.6 Å². The molecule has 5 nitrogen and oxygen atoms in total. The number of nitrogens with one attached hydrogen (secondary N) is 1. The van der Waals surface area contributed by atoms with E-state index in [1.165, 1.54) is 0 Å². The van der Waals surface area contributed by atoms with E-state index in [0.717, 1.165) is 27.3 Å². The number of rotatable bonds is 7. The van der Waals surface area contributed by atoms with Crippen LogP contribution in [0.2, 0.25) is 5.02 Å². The molecule has 1 amide bonds. The third-order valence-corrected chi connectivity index (χ3v) is 6.26. The lowest BCUT2D eigenvalue weighted by Crippen LogP contribution is -2.49. The third-order valence-electron chi connectivity index (χ3n) is 4.68. The topological polar surface area (TPSA) is 66.5 Å². The molecular formula is C21H27ClN2O3S. The van der Waals surface area contributed by atoms with Crippen molar-refractivity contribution in [3.05, 3.63) is 64.2 Å². The van der Waals surface area contributed by atoms with Gasteiger partial charge in [0.05, 0.1) is 18.0 Å². The lowest BCUT2D eigenvalue weighted by molar-refractivity contribution is -0.122. The molecule has 0 aliphatic carbocycles. The Morgan fingerprint density at radius 1 is 1.14 bits per heavy atom. The highest BCUT2D eigenvalue weighted by molar-refractivity contribution is 7.92. The molecule has 2 rings (SSSR count). The predicted octanol–water partition coefficient (Wildman–Crippen LogP) is 4.38. The Bertz CT molecular complexity index is 943. The molecule has 0 aliphatic rings. The first-order chi connectivity index (χ1) is 13.0. The van der Waals surface area contributed by atoms with Crippen LogP contribution >= 0.6 is 11.6 Å². The van der Waals surface area contributed by atoms with Crippen LogP contribution < -0.4 is 9.62 Å². The zero-order valence-electron chi connectivity index (χ0n) is 16.9. The minimum absolute atomic E-state index is 0.245. The van der Waals surface area contributed by atoms with Crippen LogP contribution in [0.3, 0.4) is 0 Å². The Balaban J connectivity index is 2.33. The quantitative estimate of drug-likeness (QED) is 0.720. The van der Waals surface area contributed by atoms with Gasteiger partial charge in [-0.2, -0.15) is 0 Å². The smallest absolute Gasteiger partial charge is 0.244 e. The van der Waals surface area contributed by atoms with Crippen LogP contribution in [0.25, 0.3) is 0 Å². The van der Waals surface area contributed by atoms with Gasteiger partial charge < -0.3 is 5.32 Å². The molecule has 152 valence electrons. The van der Waals surface area contributed by atoms with E-state index in [0.29, 0.717) is 17.1 Å². The first-order valence-electron chi connectivity index (χ1n) is 9.17. The Kier molecular flexibility index (Phi) is 7.12. The van der Waals surface area contributed by atoms with Gasteiger partial charge in [0.15, 0.2) is 0 Å². The number of carbonyl (C=O) groups excluding carboxylic acids is 1. The Hall–Kier alpha value is -2.05. The second-order valence-electron chi connectivity index (χ2n) is 7.06. The first kappa shape index (κ1) is 22.2. The molecule has 0 spiro atoms. The fraction of sp³-hybridized carbons (Fsp3) is 0.381. The standard InChI is InChI=1S/C21H27ClN2O3S/c1-6-20(21(25)23-16(4)17-10-7-14(2)8-11-17)24(28(5,26)27)18-12-9-15(3)19(22)13-18/h7-13,16,20H,6H2,1-5H3,(H,23,25)/t16-,20-/m0/s1. The van der Waals surface area contributed by atoms with Crippen molar-refractivity contribution in [1.29, 1.82) is 0 Å². The van der Waals surface area contributed by atoms with Crippen molar-refractivity contribution in [2.45, 2.75) is 46.2 Å². The van der Waals surface area contributed by atoms with Gasteiger partial charge in [-0.1, -0.05) is 54.4 Å². The fourth-order valence-electron chi connectivity index (χ4n) is 3.03. The van der Waals surface area contributed by atoms with Crippen LogP contribution in [-0.2, 0) is 14.8 Å². The maximum Gasteiger partial charge on any atom is 0.244 e. The van der Waals surface area contributed by atoms with Gasteiger partial charge in [0.1, 0.15) is 6.04 Å². The highest BCUT2D eigenvalue weighted by atomic mass is 35.5. The number of sulfonamides is 1. The zero-order valence-corrected chi connectivity index (χ0v) is 18.4. The molecule has 7 heteroatoms. The lowest BCUT2D eigenvalue weighted by atomic mass is 10.1. The zero-order chi connectivity index (χ0) is 21.1. The summed E-state index contributed by atoms with van der Waals surface area (Å²) in [6, 6.07) is 11.7. The summed E-state index contributed by atoms with van der Waals surface area (Å²) in [5, 5.41) is 3.39. The number of carbonyl (C=O) groups is 1. The summed E-state index contributed by atoms with van der Waals surface area (Å²) in [6.45, 7) is 7.50. The number of amides is 1. The molecule has 28 heavy (non-hydrogen) atoms. The average molecular weight is 423 g/mol. The van der Waals surface area contributed by atoms with Crippen molar-refractivity contribution in [3.63, 3.8) is 0 Å². The lowest BCUT2D eigenvalue weighted by Gasteiger charge is -2.31. The van der Waals surface area contributed by atoms with Crippen LogP contribution in [0.4, 0.5) is 5.69 Å². The van der Waals surface area contributed by atoms with Crippen LogP contribution in [0.5, 0.6) is 0 Å². The van der Waals surface area contributed by atoms with E-state index in [-0.39, 0.29) is 11.9 Å². The van der Waals surface area contributed by atoms with Gasteiger partial charge in [-0.05, 0) is 50.5 Å². The normalized spacial score (nSPS) is 13.6. The van der Waals surface area contributed by atoms with Gasteiger partial charge >= 0.3 is 0 Å². The summed E-state index contributed by atoms with van der Waals surface area (Å²) < 4.78 is 26.2. The minimum atomic E-state index is -3.70. The van der Waals surface area contributed by atoms with Crippen molar-refractivity contribution in [3.8, 4) is 0 Å². The van der Waals surface area contributed by atoms with Crippen molar-refractivity contribution in [2.24, 2.45) is 0 Å². The number of hydrogen-bond acceptors (Lipinski definition) is 3. The summed E-state index contributed by atoms with van der Waals surface area (Å²) in [6.07, 6.45) is 1.42. The van der Waals surface area contributed by atoms with E-state index in [1.54, 1.807) is 25.1 Å². The van der Waals surface area contributed by atoms with Crippen molar-refractivity contribution in [2.75, 3.05) is 10.6 Å². The van der Waals surface area contributed by atoms with Crippen LogP contribution in [0.1, 0.15) is 43.0 Å². The molecule has 2 aromatic rings. The van der Waals surface area contributed by atoms with Gasteiger partial charge in [0.25, 0.3) is 0 Å². The number of halogens is 1. The van der Waals surface area contributed by atoms with Crippen molar-refractivity contribution in [1.82, 2.24) is 5.32 Å². The highest BCUT2D eigenvalue weighted by Gasteiger charge is 2.32. The second kappa shape index (κ2) is 8.97. The summed E-state index contributed by atoms with van der Waals surface area (Å²) >= 11 is 6.19. The largest absolute Gasteiger partial charge is 0.348 e. The Morgan fingerprint density at radius 3 is 2.25 bits per heavy atom. The molecule has 0 saturated carbocycles. The Morgan fingerprint density at radius 2 is 1.75 bits per heavy atom. The molecular weight excluding hydrogens is 396 g/mol. The van der Waals surface area contributed by atoms with Crippen molar-refractivity contribution < 1.29 is 13.2 Å². The van der Waals surface area contributed by atoms with Gasteiger partial charge in [0.2, 0.25) is 15.9 Å². The van der Waals surface area contributed by atoms with E-state index in [2.05, 4.69) is 5.32 Å². The highest BCUT2D eigenvalue weighted by Crippen LogP contribution is 2.28.